The van der Waals surface area contributed by atoms with Crippen molar-refractivity contribution in [3.05, 3.63) is 206 Å². The van der Waals surface area contributed by atoms with E-state index in [1.807, 2.05) is 0 Å². The van der Waals surface area contributed by atoms with E-state index in [4.69, 9.17) is 0 Å². The van der Waals surface area contributed by atoms with Gasteiger partial charge in [-0.05, 0) is 96.0 Å². The molecule has 0 bridgehead atoms. The average Bonchev–Trinajstić information content (AvgIpc) is 4.07. The SMILES string of the molecule is c1ccc2c(-c3c4cccc(-c5ccc6c7ccccc7n7c8ccccc8c5c67)c4cc4c(-c5ccc6c7ccccc7n7c8ccccc8c5c67)cccc34)cccc2c1. The molecule has 0 radical (unpaired) electrons. The lowest BCUT2D eigenvalue weighted by atomic mass is 9.84. The van der Waals surface area contributed by atoms with Crippen molar-refractivity contribution < 1.29 is 0 Å². The van der Waals surface area contributed by atoms with Crippen LogP contribution < -0.4 is 0 Å². The Morgan fingerprint density at radius 1 is 0.226 bits per heavy atom. The third-order valence-electron chi connectivity index (χ3n) is 14.2. The average molecular weight is 783 g/mol. The number of hydrogen-bond donors (Lipinski definition) is 0. The largest absolute Gasteiger partial charge is 0.308 e. The van der Waals surface area contributed by atoms with Crippen molar-refractivity contribution in [3.8, 4) is 33.4 Å². The normalized spacial score (nSPS) is 12.5. The molecule has 0 saturated heterocycles. The number of hydrogen-bond acceptors (Lipinski definition) is 0. The van der Waals surface area contributed by atoms with Gasteiger partial charge in [-0.1, -0.05) is 176 Å². The Balaban J connectivity index is 1.12. The van der Waals surface area contributed by atoms with Gasteiger partial charge in [0, 0.05) is 43.1 Å². The molecule has 0 atom stereocenters. The van der Waals surface area contributed by atoms with Gasteiger partial charge in [0.25, 0.3) is 0 Å². The summed E-state index contributed by atoms with van der Waals surface area (Å²) in [6.07, 6.45) is 0. The molecule has 0 unspecified atom stereocenters. The predicted octanol–water partition coefficient (Wildman–Crippen LogP) is 16.4. The van der Waals surface area contributed by atoms with Crippen LogP contribution in [0.1, 0.15) is 0 Å². The zero-order valence-corrected chi connectivity index (χ0v) is 33.5. The van der Waals surface area contributed by atoms with Crippen LogP contribution in [0.15, 0.2) is 206 Å². The molecule has 0 spiro atoms. The molecule has 62 heavy (non-hydrogen) atoms. The molecule has 4 heterocycles. The van der Waals surface area contributed by atoms with E-state index in [0.29, 0.717) is 0 Å². The number of fused-ring (bicyclic) bond motifs is 15. The molecule has 15 rings (SSSR count). The molecule has 0 aliphatic heterocycles. The van der Waals surface area contributed by atoms with Crippen LogP contribution in [0.5, 0.6) is 0 Å². The van der Waals surface area contributed by atoms with E-state index in [2.05, 4.69) is 215 Å². The summed E-state index contributed by atoms with van der Waals surface area (Å²) in [6.45, 7) is 0. The monoisotopic (exact) mass is 782 g/mol. The van der Waals surface area contributed by atoms with Crippen molar-refractivity contribution in [1.29, 1.82) is 0 Å². The first-order valence-corrected chi connectivity index (χ1v) is 21.6. The van der Waals surface area contributed by atoms with Gasteiger partial charge in [0.2, 0.25) is 0 Å². The Labute approximate surface area is 355 Å². The Kier molecular flexibility index (Phi) is 6.18. The molecule has 11 aromatic carbocycles. The number of aromatic nitrogens is 2. The quantitative estimate of drug-likeness (QED) is 0.158. The summed E-state index contributed by atoms with van der Waals surface area (Å²) in [5.74, 6) is 0. The number of benzene rings is 11. The molecule has 2 nitrogen and oxygen atoms in total. The fraction of sp³-hybridized carbons (Fsp3) is 0. The zero-order valence-electron chi connectivity index (χ0n) is 33.5. The Hall–Kier alpha value is -8.20. The summed E-state index contributed by atoms with van der Waals surface area (Å²) in [4.78, 5) is 0. The van der Waals surface area contributed by atoms with Gasteiger partial charge >= 0.3 is 0 Å². The van der Waals surface area contributed by atoms with E-state index in [9.17, 15) is 0 Å². The molecule has 0 amide bonds. The van der Waals surface area contributed by atoms with E-state index in [1.54, 1.807) is 0 Å². The summed E-state index contributed by atoms with van der Waals surface area (Å²) in [6, 6.07) is 77.3. The summed E-state index contributed by atoms with van der Waals surface area (Å²) in [7, 11) is 0. The molecule has 0 aliphatic carbocycles. The first-order chi connectivity index (χ1) is 30.8. The molecular formula is C60H34N2. The molecule has 0 N–H and O–H groups in total. The summed E-state index contributed by atoms with van der Waals surface area (Å²) < 4.78 is 4.99. The minimum Gasteiger partial charge on any atom is -0.308 e. The first kappa shape index (κ1) is 32.6. The molecule has 0 saturated carbocycles. The van der Waals surface area contributed by atoms with Crippen LogP contribution in [-0.4, -0.2) is 8.80 Å². The van der Waals surface area contributed by atoms with Crippen LogP contribution in [-0.2, 0) is 0 Å². The lowest BCUT2D eigenvalue weighted by Crippen LogP contribution is -1.92. The highest BCUT2D eigenvalue weighted by Crippen LogP contribution is 2.50. The third-order valence-corrected chi connectivity index (χ3v) is 14.2. The Morgan fingerprint density at radius 3 is 1.15 bits per heavy atom. The fourth-order valence-corrected chi connectivity index (χ4v) is 11.7. The van der Waals surface area contributed by atoms with Gasteiger partial charge in [0.1, 0.15) is 0 Å². The maximum Gasteiger partial charge on any atom is 0.0626 e. The third kappa shape index (κ3) is 4.00. The van der Waals surface area contributed by atoms with Gasteiger partial charge in [-0.2, -0.15) is 0 Å². The van der Waals surface area contributed by atoms with E-state index in [1.165, 1.54) is 142 Å². The van der Waals surface area contributed by atoms with E-state index in [0.717, 1.165) is 0 Å². The molecule has 0 aliphatic rings. The smallest absolute Gasteiger partial charge is 0.0626 e. The van der Waals surface area contributed by atoms with Crippen molar-refractivity contribution in [3.63, 3.8) is 0 Å². The van der Waals surface area contributed by atoms with Gasteiger partial charge in [-0.25, -0.2) is 0 Å². The summed E-state index contributed by atoms with van der Waals surface area (Å²) >= 11 is 0. The van der Waals surface area contributed by atoms with E-state index >= 15 is 0 Å². The van der Waals surface area contributed by atoms with Crippen LogP contribution in [0.25, 0.3) is 142 Å². The molecule has 2 heteroatoms. The van der Waals surface area contributed by atoms with E-state index < -0.39 is 0 Å². The van der Waals surface area contributed by atoms with E-state index in [-0.39, 0.29) is 0 Å². The Bertz CT molecular complexity index is 4140. The van der Waals surface area contributed by atoms with Gasteiger partial charge < -0.3 is 8.80 Å². The molecule has 4 aromatic heterocycles. The van der Waals surface area contributed by atoms with Crippen molar-refractivity contribution >= 4 is 109 Å². The maximum absolute atomic E-state index is 2.52. The first-order valence-electron chi connectivity index (χ1n) is 21.6. The standard InChI is InChI=1S/C60H34N2/c1-2-16-36-35(14-1)15-11-23-41(36)56-42-24-12-21-37(44-30-32-46-39-17-3-7-26-52(39)61-54-28-9-5-19-48(54)57(44)59(46)61)50(42)34-51-38(22-13-25-43(51)56)45-31-33-47-40-18-4-8-27-53(40)62-55-29-10-6-20-49(55)58(45)60(47)62/h1-34H. The van der Waals surface area contributed by atoms with Crippen molar-refractivity contribution in [2.45, 2.75) is 0 Å². The van der Waals surface area contributed by atoms with Gasteiger partial charge in [0.15, 0.2) is 0 Å². The van der Waals surface area contributed by atoms with Gasteiger partial charge in [0.05, 0.1) is 33.1 Å². The highest BCUT2D eigenvalue weighted by atomic mass is 14.9. The second kappa shape index (κ2) is 11.8. The number of nitrogens with zero attached hydrogens (tertiary/aromatic N) is 2. The highest BCUT2D eigenvalue weighted by molar-refractivity contribution is 6.31. The van der Waals surface area contributed by atoms with Crippen molar-refractivity contribution in [1.82, 2.24) is 8.80 Å². The number of para-hydroxylation sites is 4. The minimum absolute atomic E-state index is 1.24. The highest BCUT2D eigenvalue weighted by Gasteiger charge is 2.25. The Morgan fingerprint density at radius 2 is 0.613 bits per heavy atom. The van der Waals surface area contributed by atoms with Crippen LogP contribution in [0.4, 0.5) is 0 Å². The van der Waals surface area contributed by atoms with Crippen molar-refractivity contribution in [2.24, 2.45) is 0 Å². The summed E-state index contributed by atoms with van der Waals surface area (Å²) in [5.41, 5.74) is 15.1. The zero-order chi connectivity index (χ0) is 40.2. The molecule has 0 fully saturated rings. The second-order valence-corrected chi connectivity index (χ2v) is 17.1. The fourth-order valence-electron chi connectivity index (χ4n) is 11.7. The number of rotatable bonds is 3. The van der Waals surface area contributed by atoms with Gasteiger partial charge in [-0.3, -0.25) is 0 Å². The predicted molar refractivity (Wildman–Crippen MR) is 265 cm³/mol. The second-order valence-electron chi connectivity index (χ2n) is 17.1. The lowest BCUT2D eigenvalue weighted by molar-refractivity contribution is 1.37. The van der Waals surface area contributed by atoms with Crippen molar-refractivity contribution in [2.75, 3.05) is 0 Å². The maximum atomic E-state index is 2.52. The van der Waals surface area contributed by atoms with Crippen LogP contribution >= 0.6 is 0 Å². The molecule has 284 valence electrons. The minimum atomic E-state index is 1.24. The molecule has 15 aromatic rings. The van der Waals surface area contributed by atoms with Crippen LogP contribution in [0.3, 0.4) is 0 Å². The summed E-state index contributed by atoms with van der Waals surface area (Å²) in [5, 5.41) is 17.9. The van der Waals surface area contributed by atoms with Gasteiger partial charge in [-0.15, -0.1) is 0 Å². The lowest BCUT2D eigenvalue weighted by Gasteiger charge is -2.19. The topological polar surface area (TPSA) is 8.82 Å². The molecular weight excluding hydrogens is 749 g/mol. The van der Waals surface area contributed by atoms with Crippen LogP contribution in [0, 0.1) is 0 Å². The van der Waals surface area contributed by atoms with Crippen LogP contribution in [0.2, 0.25) is 0 Å².